The normalized spacial score (nSPS) is 15.1. The van der Waals surface area contributed by atoms with Crippen molar-refractivity contribution in [1.82, 2.24) is 0 Å². The summed E-state index contributed by atoms with van der Waals surface area (Å²) in [7, 11) is 0. The summed E-state index contributed by atoms with van der Waals surface area (Å²) in [6, 6.07) is 17.1. The Hall–Kier alpha value is -3.34. The Labute approximate surface area is 204 Å². The summed E-state index contributed by atoms with van der Waals surface area (Å²) in [6.07, 6.45) is 3.51. The quantitative estimate of drug-likeness (QED) is 0.440. The molecule has 0 radical (unpaired) electrons. The number of carbonyl (C=O) groups is 1. The second-order valence-corrected chi connectivity index (χ2v) is 9.18. The van der Waals surface area contributed by atoms with Gasteiger partial charge in [0.05, 0.1) is 5.69 Å². The van der Waals surface area contributed by atoms with Crippen molar-refractivity contribution < 1.29 is 9.90 Å². The maximum Gasteiger partial charge on any atom is 0.207 e. The maximum atomic E-state index is 12.5. The number of anilines is 2. The predicted octanol–water partition coefficient (Wildman–Crippen LogP) is 6.42. The number of benzene rings is 2. The summed E-state index contributed by atoms with van der Waals surface area (Å²) in [5.41, 5.74) is 5.13. The van der Waals surface area contributed by atoms with Gasteiger partial charge in [0.1, 0.15) is 11.5 Å². The highest BCUT2D eigenvalue weighted by atomic mass is 16.3. The van der Waals surface area contributed by atoms with E-state index in [9.17, 15) is 9.90 Å². The first-order valence-corrected chi connectivity index (χ1v) is 12.2. The highest BCUT2D eigenvalue weighted by Gasteiger charge is 2.19. The zero-order chi connectivity index (χ0) is 24.8. The molecule has 34 heavy (non-hydrogen) atoms. The average molecular weight is 460 g/mol. The molecule has 0 amide bonds. The van der Waals surface area contributed by atoms with Gasteiger partial charge >= 0.3 is 0 Å². The molecule has 0 fully saturated rings. The Bertz CT molecular complexity index is 1080. The number of hydrogen-bond acceptors (Lipinski definition) is 5. The first-order chi connectivity index (χ1) is 16.2. The zero-order valence-electron chi connectivity index (χ0n) is 21.2. The molecular formula is C29H37N3O2. The van der Waals surface area contributed by atoms with Crippen molar-refractivity contribution >= 4 is 28.6 Å². The number of rotatable bonds is 9. The van der Waals surface area contributed by atoms with Gasteiger partial charge in [0.15, 0.2) is 0 Å². The molecule has 1 aliphatic carbocycles. The lowest BCUT2D eigenvalue weighted by atomic mass is 9.96. The van der Waals surface area contributed by atoms with Gasteiger partial charge in [-0.25, -0.2) is 4.99 Å². The molecule has 2 aromatic rings. The number of hydrogen-bond donors (Lipinski definition) is 1. The SMILES string of the molecule is CCN(c1ccc(CC2=CC(=Nc3ccc(N(CC)C(C)C)cc3)C(=O)C=C2O)cc1)C(C)C. The monoisotopic (exact) mass is 459 g/mol. The number of carbonyl (C=O) groups excluding carboxylic acids is 1. The minimum atomic E-state index is -0.284. The van der Waals surface area contributed by atoms with E-state index in [0.29, 0.717) is 29.8 Å². The molecular weight excluding hydrogens is 422 g/mol. The van der Waals surface area contributed by atoms with E-state index in [0.717, 1.165) is 30.0 Å². The van der Waals surface area contributed by atoms with Gasteiger partial charge in [0.2, 0.25) is 5.78 Å². The fourth-order valence-electron chi connectivity index (χ4n) is 4.40. The van der Waals surface area contributed by atoms with Crippen LogP contribution < -0.4 is 9.80 Å². The lowest BCUT2D eigenvalue weighted by Crippen LogP contribution is -2.30. The molecule has 0 saturated carbocycles. The van der Waals surface area contributed by atoms with Gasteiger partial charge in [-0.15, -0.1) is 0 Å². The molecule has 1 N–H and O–H groups in total. The van der Waals surface area contributed by atoms with Gasteiger partial charge in [-0.05, 0) is 89.6 Å². The van der Waals surface area contributed by atoms with Gasteiger partial charge in [-0.3, -0.25) is 4.79 Å². The molecule has 0 heterocycles. The number of nitrogens with zero attached hydrogens (tertiary/aromatic N) is 3. The van der Waals surface area contributed by atoms with Crippen LogP contribution in [0.4, 0.5) is 17.1 Å². The fraction of sp³-hybridized carbons (Fsp3) is 0.379. The summed E-state index contributed by atoms with van der Waals surface area (Å²) in [5, 5.41) is 10.4. The minimum Gasteiger partial charge on any atom is -0.508 e. The Morgan fingerprint density at radius 3 is 1.76 bits per heavy atom. The average Bonchev–Trinajstić information content (AvgIpc) is 2.79. The van der Waals surface area contributed by atoms with E-state index >= 15 is 0 Å². The van der Waals surface area contributed by atoms with Crippen LogP contribution in [-0.4, -0.2) is 41.8 Å². The third kappa shape index (κ3) is 5.96. The van der Waals surface area contributed by atoms with Crippen LogP contribution in [0.15, 0.2) is 77.0 Å². The van der Waals surface area contributed by atoms with Gasteiger partial charge in [0.25, 0.3) is 0 Å². The lowest BCUT2D eigenvalue weighted by Gasteiger charge is -2.27. The number of ketones is 1. The van der Waals surface area contributed by atoms with Crippen LogP contribution in [0.3, 0.4) is 0 Å². The van der Waals surface area contributed by atoms with Crippen LogP contribution >= 0.6 is 0 Å². The molecule has 1 aliphatic rings. The predicted molar refractivity (Wildman–Crippen MR) is 144 cm³/mol. The van der Waals surface area contributed by atoms with Crippen molar-refractivity contribution in [3.63, 3.8) is 0 Å². The van der Waals surface area contributed by atoms with Crippen molar-refractivity contribution in [1.29, 1.82) is 0 Å². The molecule has 0 aromatic heterocycles. The largest absolute Gasteiger partial charge is 0.508 e. The molecule has 0 aliphatic heterocycles. The summed E-state index contributed by atoms with van der Waals surface area (Å²) in [6.45, 7) is 14.9. The van der Waals surface area contributed by atoms with E-state index < -0.39 is 0 Å². The molecule has 0 atom stereocenters. The van der Waals surface area contributed by atoms with Crippen molar-refractivity contribution in [3.05, 3.63) is 77.6 Å². The standard InChI is InChI=1S/C29H37N3O2/c1-7-31(20(3)4)25-13-9-22(10-14-25)17-23-18-27(29(34)19-28(23)33)30-24-11-15-26(16-12-24)32(8-2)21(5)6/h9-16,18-21,33H,7-8,17H2,1-6H3. The number of aliphatic hydroxyl groups excluding tert-OH is 1. The highest BCUT2D eigenvalue weighted by molar-refractivity contribution is 6.49. The third-order valence-corrected chi connectivity index (χ3v) is 6.18. The molecule has 0 unspecified atom stereocenters. The van der Waals surface area contributed by atoms with Gasteiger partial charge in [-0.1, -0.05) is 12.1 Å². The van der Waals surface area contributed by atoms with E-state index in [1.807, 2.05) is 24.3 Å². The fourth-order valence-corrected chi connectivity index (χ4v) is 4.40. The summed E-state index contributed by atoms with van der Waals surface area (Å²) >= 11 is 0. The zero-order valence-corrected chi connectivity index (χ0v) is 21.2. The molecule has 0 saturated heterocycles. The van der Waals surface area contributed by atoms with Crippen LogP contribution in [0.1, 0.15) is 47.1 Å². The van der Waals surface area contributed by atoms with Crippen molar-refractivity contribution in [2.75, 3.05) is 22.9 Å². The minimum absolute atomic E-state index is 0.0104. The van der Waals surface area contributed by atoms with Gasteiger partial charge in [0, 0.05) is 54.6 Å². The molecule has 0 bridgehead atoms. The van der Waals surface area contributed by atoms with Crippen LogP contribution in [0.25, 0.3) is 0 Å². The molecule has 3 rings (SSSR count). The molecule has 5 nitrogen and oxygen atoms in total. The molecule has 2 aromatic carbocycles. The second-order valence-electron chi connectivity index (χ2n) is 9.18. The van der Waals surface area contributed by atoms with Crippen molar-refractivity contribution in [2.45, 2.75) is 60.0 Å². The third-order valence-electron chi connectivity index (χ3n) is 6.18. The van der Waals surface area contributed by atoms with Crippen LogP contribution in [0.2, 0.25) is 0 Å². The second kappa shape index (κ2) is 11.2. The molecule has 5 heteroatoms. The van der Waals surface area contributed by atoms with Crippen LogP contribution in [0.5, 0.6) is 0 Å². The highest BCUT2D eigenvalue weighted by Crippen LogP contribution is 2.25. The topological polar surface area (TPSA) is 56.1 Å². The molecule has 180 valence electrons. The first-order valence-electron chi connectivity index (χ1n) is 12.2. The lowest BCUT2D eigenvalue weighted by molar-refractivity contribution is -0.109. The summed E-state index contributed by atoms with van der Waals surface area (Å²) < 4.78 is 0. The van der Waals surface area contributed by atoms with Crippen LogP contribution in [-0.2, 0) is 11.2 Å². The summed E-state index contributed by atoms with van der Waals surface area (Å²) in [4.78, 5) is 21.7. The van der Waals surface area contributed by atoms with Gasteiger partial charge in [-0.2, -0.15) is 0 Å². The van der Waals surface area contributed by atoms with E-state index in [1.165, 1.54) is 11.8 Å². The van der Waals surface area contributed by atoms with E-state index in [2.05, 4.69) is 80.6 Å². The number of allylic oxidation sites excluding steroid dienone is 3. The Morgan fingerprint density at radius 2 is 1.29 bits per heavy atom. The smallest absolute Gasteiger partial charge is 0.207 e. The van der Waals surface area contributed by atoms with E-state index in [4.69, 9.17) is 0 Å². The molecule has 0 spiro atoms. The Morgan fingerprint density at radius 1 is 0.794 bits per heavy atom. The van der Waals surface area contributed by atoms with Crippen molar-refractivity contribution in [3.8, 4) is 0 Å². The van der Waals surface area contributed by atoms with Crippen LogP contribution in [0, 0.1) is 0 Å². The van der Waals surface area contributed by atoms with Gasteiger partial charge < -0.3 is 14.9 Å². The number of aliphatic hydroxyl groups is 1. The summed E-state index contributed by atoms with van der Waals surface area (Å²) in [5.74, 6) is -0.273. The van der Waals surface area contributed by atoms with Crippen molar-refractivity contribution in [2.24, 2.45) is 4.99 Å². The maximum absolute atomic E-state index is 12.5. The Balaban J connectivity index is 1.80. The first kappa shape index (κ1) is 25.3. The van der Waals surface area contributed by atoms with E-state index in [1.54, 1.807) is 6.08 Å². The Kier molecular flexibility index (Phi) is 8.32. The number of aliphatic imine (C=N–C) groups is 1. The van der Waals surface area contributed by atoms with E-state index in [-0.39, 0.29) is 11.5 Å².